The van der Waals surface area contributed by atoms with Crippen molar-refractivity contribution >= 4 is 11.9 Å². The maximum absolute atomic E-state index is 12.1. The number of hydrogen-bond acceptors (Lipinski definition) is 3. The van der Waals surface area contributed by atoms with Crippen molar-refractivity contribution in [2.24, 2.45) is 0 Å². The Bertz CT molecular complexity index is 523. The van der Waals surface area contributed by atoms with Crippen molar-refractivity contribution in [1.82, 2.24) is 9.88 Å². The molecule has 2 rings (SSSR count). The van der Waals surface area contributed by atoms with Crippen LogP contribution in [-0.4, -0.2) is 40.0 Å². The molecule has 0 unspecified atom stereocenters. The van der Waals surface area contributed by atoms with E-state index in [0.29, 0.717) is 24.5 Å². The molecule has 1 aliphatic heterocycles. The van der Waals surface area contributed by atoms with E-state index in [1.54, 1.807) is 11.8 Å². The standard InChI is InChI=1S/C13H14N2O3/c1-9-10(13(17)18)5-6-11(14-9)12(16)15-7-3-2-4-8-15/h2-3,5-6H,4,7-8H2,1H3,(H,17,18). The minimum Gasteiger partial charge on any atom is -0.478 e. The monoisotopic (exact) mass is 246 g/mol. The van der Waals surface area contributed by atoms with Crippen LogP contribution in [0.1, 0.15) is 33.0 Å². The maximum Gasteiger partial charge on any atom is 0.337 e. The van der Waals surface area contributed by atoms with E-state index in [1.165, 1.54) is 12.1 Å². The van der Waals surface area contributed by atoms with Crippen molar-refractivity contribution in [2.45, 2.75) is 13.3 Å². The van der Waals surface area contributed by atoms with Crippen LogP contribution in [0.4, 0.5) is 0 Å². The van der Waals surface area contributed by atoms with Crippen LogP contribution in [0.25, 0.3) is 0 Å². The SMILES string of the molecule is Cc1nc(C(=O)N2CC=CCC2)ccc1C(=O)O. The van der Waals surface area contributed by atoms with Crippen molar-refractivity contribution in [3.05, 3.63) is 41.2 Å². The molecule has 0 aliphatic carbocycles. The predicted octanol–water partition coefficient (Wildman–Crippen LogP) is 1.49. The number of hydrogen-bond donors (Lipinski definition) is 1. The summed E-state index contributed by atoms with van der Waals surface area (Å²) in [6.45, 7) is 2.85. The molecule has 5 nitrogen and oxygen atoms in total. The van der Waals surface area contributed by atoms with Crippen molar-refractivity contribution in [1.29, 1.82) is 0 Å². The second-order valence-corrected chi connectivity index (χ2v) is 4.15. The maximum atomic E-state index is 12.1. The largest absolute Gasteiger partial charge is 0.478 e. The zero-order chi connectivity index (χ0) is 13.1. The summed E-state index contributed by atoms with van der Waals surface area (Å²) in [5, 5.41) is 8.90. The smallest absolute Gasteiger partial charge is 0.337 e. The molecule has 1 aromatic rings. The van der Waals surface area contributed by atoms with E-state index in [2.05, 4.69) is 4.98 Å². The van der Waals surface area contributed by atoms with E-state index in [9.17, 15) is 9.59 Å². The lowest BCUT2D eigenvalue weighted by Gasteiger charge is -2.23. The summed E-state index contributed by atoms with van der Waals surface area (Å²) in [4.78, 5) is 28.7. The molecular formula is C13H14N2O3. The number of carbonyl (C=O) groups excluding carboxylic acids is 1. The molecule has 0 radical (unpaired) electrons. The third-order valence-electron chi connectivity index (χ3n) is 2.88. The van der Waals surface area contributed by atoms with Crippen molar-refractivity contribution < 1.29 is 14.7 Å². The molecule has 1 aliphatic rings. The number of aromatic nitrogens is 1. The zero-order valence-corrected chi connectivity index (χ0v) is 10.1. The lowest BCUT2D eigenvalue weighted by atomic mass is 10.1. The molecule has 18 heavy (non-hydrogen) atoms. The molecule has 0 saturated carbocycles. The second kappa shape index (κ2) is 5.00. The number of carboxylic acid groups (broad SMARTS) is 1. The molecule has 0 spiro atoms. The molecule has 1 N–H and O–H groups in total. The fourth-order valence-electron chi connectivity index (χ4n) is 1.89. The van der Waals surface area contributed by atoms with E-state index < -0.39 is 5.97 Å². The number of carbonyl (C=O) groups is 2. The summed E-state index contributed by atoms with van der Waals surface area (Å²) in [5.74, 6) is -1.18. The van der Waals surface area contributed by atoms with Crippen LogP contribution in [0.5, 0.6) is 0 Å². The first-order valence-corrected chi connectivity index (χ1v) is 5.75. The van der Waals surface area contributed by atoms with Gasteiger partial charge in [0.1, 0.15) is 5.69 Å². The normalized spacial score (nSPS) is 14.6. The van der Waals surface area contributed by atoms with E-state index in [-0.39, 0.29) is 11.5 Å². The van der Waals surface area contributed by atoms with Crippen LogP contribution < -0.4 is 0 Å². The second-order valence-electron chi connectivity index (χ2n) is 4.15. The first-order chi connectivity index (χ1) is 8.59. The van der Waals surface area contributed by atoms with E-state index in [4.69, 9.17) is 5.11 Å². The number of aryl methyl sites for hydroxylation is 1. The topological polar surface area (TPSA) is 70.5 Å². The van der Waals surface area contributed by atoms with Gasteiger partial charge in [-0.3, -0.25) is 4.79 Å². The quantitative estimate of drug-likeness (QED) is 0.802. The van der Waals surface area contributed by atoms with Crippen molar-refractivity contribution in [3.8, 4) is 0 Å². The third kappa shape index (κ3) is 2.40. The Balaban J connectivity index is 2.23. The highest BCUT2D eigenvalue weighted by Gasteiger charge is 2.18. The number of rotatable bonds is 2. The van der Waals surface area contributed by atoms with Crippen LogP contribution in [0.2, 0.25) is 0 Å². The first-order valence-electron chi connectivity index (χ1n) is 5.75. The fourth-order valence-corrected chi connectivity index (χ4v) is 1.89. The van der Waals surface area contributed by atoms with Gasteiger partial charge in [-0.05, 0) is 25.5 Å². The van der Waals surface area contributed by atoms with Gasteiger partial charge in [0.05, 0.1) is 11.3 Å². The highest BCUT2D eigenvalue weighted by Crippen LogP contribution is 2.11. The summed E-state index contributed by atoms with van der Waals surface area (Å²) in [6, 6.07) is 2.90. The van der Waals surface area contributed by atoms with E-state index in [0.717, 1.165) is 6.42 Å². The van der Waals surface area contributed by atoms with E-state index >= 15 is 0 Å². The Hall–Kier alpha value is -2.17. The average molecular weight is 246 g/mol. The Morgan fingerprint density at radius 2 is 2.11 bits per heavy atom. The number of pyridine rings is 1. The van der Waals surface area contributed by atoms with Gasteiger partial charge in [0, 0.05) is 13.1 Å². The summed E-state index contributed by atoms with van der Waals surface area (Å²) in [5.41, 5.74) is 0.791. The van der Waals surface area contributed by atoms with Crippen LogP contribution in [0.3, 0.4) is 0 Å². The fraction of sp³-hybridized carbons (Fsp3) is 0.308. The Morgan fingerprint density at radius 3 is 2.67 bits per heavy atom. The summed E-state index contributed by atoms with van der Waals surface area (Å²) in [7, 11) is 0. The van der Waals surface area contributed by atoms with Crippen molar-refractivity contribution in [3.63, 3.8) is 0 Å². The highest BCUT2D eigenvalue weighted by atomic mass is 16.4. The number of carboxylic acids is 1. The van der Waals surface area contributed by atoms with Gasteiger partial charge < -0.3 is 10.0 Å². The lowest BCUT2D eigenvalue weighted by Crippen LogP contribution is -2.34. The van der Waals surface area contributed by atoms with Crippen LogP contribution >= 0.6 is 0 Å². The molecule has 0 atom stereocenters. The van der Waals surface area contributed by atoms with Gasteiger partial charge >= 0.3 is 5.97 Å². The molecule has 0 saturated heterocycles. The molecule has 0 fully saturated rings. The molecule has 1 amide bonds. The molecule has 94 valence electrons. The Labute approximate surface area is 105 Å². The average Bonchev–Trinajstić information content (AvgIpc) is 2.38. The molecule has 0 bridgehead atoms. The molecule has 2 heterocycles. The van der Waals surface area contributed by atoms with Crippen LogP contribution in [0.15, 0.2) is 24.3 Å². The third-order valence-corrected chi connectivity index (χ3v) is 2.88. The van der Waals surface area contributed by atoms with Gasteiger partial charge in [-0.15, -0.1) is 0 Å². The lowest BCUT2D eigenvalue weighted by molar-refractivity contribution is 0.0692. The van der Waals surface area contributed by atoms with Gasteiger partial charge in [-0.1, -0.05) is 12.2 Å². The molecular weight excluding hydrogens is 232 g/mol. The minimum absolute atomic E-state index is 0.130. The molecule has 0 aromatic carbocycles. The van der Waals surface area contributed by atoms with Gasteiger partial charge in [0.25, 0.3) is 5.91 Å². The summed E-state index contributed by atoms with van der Waals surface area (Å²) >= 11 is 0. The minimum atomic E-state index is -1.03. The number of aromatic carboxylic acids is 1. The van der Waals surface area contributed by atoms with Gasteiger partial charge in [-0.2, -0.15) is 0 Å². The Morgan fingerprint density at radius 1 is 1.33 bits per heavy atom. The van der Waals surface area contributed by atoms with Gasteiger partial charge in [-0.25, -0.2) is 9.78 Å². The van der Waals surface area contributed by atoms with Crippen molar-refractivity contribution in [2.75, 3.05) is 13.1 Å². The first kappa shape index (κ1) is 12.3. The van der Waals surface area contributed by atoms with E-state index in [1.807, 2.05) is 12.2 Å². The highest BCUT2D eigenvalue weighted by molar-refractivity contribution is 5.94. The Kier molecular flexibility index (Phi) is 3.41. The summed E-state index contributed by atoms with van der Waals surface area (Å²) in [6.07, 6.45) is 4.83. The number of amides is 1. The van der Waals surface area contributed by atoms with Gasteiger partial charge in [0.15, 0.2) is 0 Å². The summed E-state index contributed by atoms with van der Waals surface area (Å²) < 4.78 is 0. The predicted molar refractivity (Wildman–Crippen MR) is 65.6 cm³/mol. The number of nitrogens with zero attached hydrogens (tertiary/aromatic N) is 2. The molecule has 1 aromatic heterocycles. The zero-order valence-electron chi connectivity index (χ0n) is 10.1. The van der Waals surface area contributed by atoms with Crippen LogP contribution in [-0.2, 0) is 0 Å². The van der Waals surface area contributed by atoms with Gasteiger partial charge in [0.2, 0.25) is 0 Å². The molecule has 5 heteroatoms. The van der Waals surface area contributed by atoms with Crippen LogP contribution in [0, 0.1) is 6.92 Å².